The van der Waals surface area contributed by atoms with Gasteiger partial charge in [-0.25, -0.2) is 4.79 Å². The minimum Gasteiger partial charge on any atom is -0.482 e. The summed E-state index contributed by atoms with van der Waals surface area (Å²) in [5.41, 5.74) is 0.526. The highest BCUT2D eigenvalue weighted by molar-refractivity contribution is 5.74. The molecular weight excluding hydrogens is 330 g/mol. The molecule has 0 aliphatic carbocycles. The average molecular weight is 345 g/mol. The van der Waals surface area contributed by atoms with Crippen LogP contribution < -0.4 is 14.2 Å². The van der Waals surface area contributed by atoms with Gasteiger partial charge < -0.3 is 14.2 Å². The van der Waals surface area contributed by atoms with Crippen molar-refractivity contribution in [2.75, 3.05) is 6.61 Å². The Bertz CT molecular complexity index is 897. The van der Waals surface area contributed by atoms with Crippen molar-refractivity contribution in [3.8, 4) is 29.1 Å². The van der Waals surface area contributed by atoms with Crippen molar-refractivity contribution in [3.63, 3.8) is 0 Å². The fourth-order valence-corrected chi connectivity index (χ4v) is 2.13. The Morgan fingerprint density at radius 2 is 1.35 bits per heavy atom. The van der Waals surface area contributed by atoms with Crippen LogP contribution in [0.2, 0.25) is 0 Å². The SMILES string of the molecule is N#Cc1ccc(OCC(=O)Oc2ccc(Oc3ccccc3)cc2)cc1. The van der Waals surface area contributed by atoms with E-state index in [0.717, 1.165) is 5.75 Å². The molecule has 0 aliphatic heterocycles. The van der Waals surface area contributed by atoms with Crippen LogP contribution in [-0.4, -0.2) is 12.6 Å². The van der Waals surface area contributed by atoms with Crippen LogP contribution in [0.3, 0.4) is 0 Å². The van der Waals surface area contributed by atoms with Gasteiger partial charge in [0.2, 0.25) is 0 Å². The minimum atomic E-state index is -0.522. The predicted molar refractivity (Wildman–Crippen MR) is 95.2 cm³/mol. The molecule has 5 heteroatoms. The maximum atomic E-state index is 11.9. The monoisotopic (exact) mass is 345 g/mol. The van der Waals surface area contributed by atoms with Gasteiger partial charge in [0.25, 0.3) is 0 Å². The number of hydrogen-bond acceptors (Lipinski definition) is 5. The van der Waals surface area contributed by atoms with Crippen molar-refractivity contribution in [1.82, 2.24) is 0 Å². The van der Waals surface area contributed by atoms with Gasteiger partial charge in [0.1, 0.15) is 23.0 Å². The highest BCUT2D eigenvalue weighted by atomic mass is 16.6. The molecule has 0 atom stereocenters. The number of carbonyl (C=O) groups is 1. The van der Waals surface area contributed by atoms with Crippen LogP contribution in [0.4, 0.5) is 0 Å². The fraction of sp³-hybridized carbons (Fsp3) is 0.0476. The summed E-state index contributed by atoms with van der Waals surface area (Å²) in [6.07, 6.45) is 0. The Morgan fingerprint density at radius 3 is 2.00 bits per heavy atom. The second-order valence-electron chi connectivity index (χ2n) is 5.29. The molecule has 3 aromatic rings. The van der Waals surface area contributed by atoms with Crippen molar-refractivity contribution in [2.45, 2.75) is 0 Å². The first-order chi connectivity index (χ1) is 12.7. The number of benzene rings is 3. The molecule has 0 amide bonds. The topological polar surface area (TPSA) is 68.5 Å². The van der Waals surface area contributed by atoms with Gasteiger partial charge in [-0.2, -0.15) is 5.26 Å². The van der Waals surface area contributed by atoms with E-state index in [1.165, 1.54) is 0 Å². The largest absolute Gasteiger partial charge is 0.482 e. The summed E-state index contributed by atoms with van der Waals surface area (Å²) < 4.78 is 16.2. The Labute approximate surface area is 151 Å². The first-order valence-corrected chi connectivity index (χ1v) is 7.89. The number of carbonyl (C=O) groups excluding carboxylic acids is 1. The Kier molecular flexibility index (Phi) is 5.48. The molecule has 0 saturated carbocycles. The van der Waals surface area contributed by atoms with E-state index in [4.69, 9.17) is 19.5 Å². The van der Waals surface area contributed by atoms with Gasteiger partial charge in [-0.15, -0.1) is 0 Å². The molecule has 26 heavy (non-hydrogen) atoms. The third-order valence-electron chi connectivity index (χ3n) is 3.37. The lowest BCUT2D eigenvalue weighted by molar-refractivity contribution is -0.136. The standard InChI is InChI=1S/C21H15NO4/c22-14-16-6-8-17(9-7-16)24-15-21(23)26-20-12-10-19(11-13-20)25-18-4-2-1-3-5-18/h1-13H,15H2. The lowest BCUT2D eigenvalue weighted by Gasteiger charge is -2.08. The van der Waals surface area contributed by atoms with Gasteiger partial charge in [0.05, 0.1) is 11.6 Å². The van der Waals surface area contributed by atoms with E-state index in [-0.39, 0.29) is 6.61 Å². The molecule has 3 rings (SSSR count). The number of nitrogens with zero attached hydrogens (tertiary/aromatic N) is 1. The van der Waals surface area contributed by atoms with Crippen LogP contribution >= 0.6 is 0 Å². The summed E-state index contributed by atoms with van der Waals surface area (Å²) in [5, 5.41) is 8.74. The van der Waals surface area contributed by atoms with Crippen molar-refractivity contribution in [3.05, 3.63) is 84.4 Å². The van der Waals surface area contributed by atoms with Crippen molar-refractivity contribution in [1.29, 1.82) is 5.26 Å². The predicted octanol–water partition coefficient (Wildman–Crippen LogP) is 4.33. The van der Waals surface area contributed by atoms with Gasteiger partial charge in [-0.05, 0) is 60.7 Å². The molecule has 0 aliphatic rings. The molecule has 0 fully saturated rings. The number of hydrogen-bond donors (Lipinski definition) is 0. The average Bonchev–Trinajstić information content (AvgIpc) is 2.69. The summed E-state index contributed by atoms with van der Waals surface area (Å²) >= 11 is 0. The van der Waals surface area contributed by atoms with Crippen LogP contribution in [0.25, 0.3) is 0 Å². The van der Waals surface area contributed by atoms with Gasteiger partial charge in [0.15, 0.2) is 6.61 Å². The van der Waals surface area contributed by atoms with Crippen LogP contribution in [0.15, 0.2) is 78.9 Å². The van der Waals surface area contributed by atoms with E-state index in [0.29, 0.717) is 22.8 Å². The fourth-order valence-electron chi connectivity index (χ4n) is 2.13. The summed E-state index contributed by atoms with van der Waals surface area (Å²) in [5.74, 6) is 1.75. The molecule has 0 radical (unpaired) electrons. The molecular formula is C21H15NO4. The zero-order chi connectivity index (χ0) is 18.2. The second kappa shape index (κ2) is 8.36. The quantitative estimate of drug-likeness (QED) is 0.491. The van der Waals surface area contributed by atoms with Crippen LogP contribution in [0.1, 0.15) is 5.56 Å². The molecule has 0 N–H and O–H groups in total. The van der Waals surface area contributed by atoms with E-state index in [9.17, 15) is 4.79 Å². The highest BCUT2D eigenvalue weighted by Crippen LogP contribution is 2.23. The molecule has 0 aromatic heterocycles. The molecule has 0 heterocycles. The number of esters is 1. The van der Waals surface area contributed by atoms with E-state index >= 15 is 0 Å². The molecule has 0 unspecified atom stereocenters. The number of nitriles is 1. The van der Waals surface area contributed by atoms with E-state index in [2.05, 4.69) is 0 Å². The van der Waals surface area contributed by atoms with Gasteiger partial charge >= 0.3 is 5.97 Å². The molecule has 0 saturated heterocycles. The molecule has 0 spiro atoms. The summed E-state index contributed by atoms with van der Waals surface area (Å²) in [4.78, 5) is 11.9. The third-order valence-corrected chi connectivity index (χ3v) is 3.37. The Balaban J connectivity index is 1.50. The smallest absolute Gasteiger partial charge is 0.349 e. The summed E-state index contributed by atoms with van der Waals surface area (Å²) in [6.45, 7) is -0.228. The van der Waals surface area contributed by atoms with Crippen molar-refractivity contribution >= 4 is 5.97 Å². The van der Waals surface area contributed by atoms with Crippen LogP contribution in [0.5, 0.6) is 23.0 Å². The maximum absolute atomic E-state index is 11.9. The minimum absolute atomic E-state index is 0.228. The number of ether oxygens (including phenoxy) is 3. The van der Waals surface area contributed by atoms with E-state index < -0.39 is 5.97 Å². The van der Waals surface area contributed by atoms with E-state index in [1.807, 2.05) is 36.4 Å². The van der Waals surface area contributed by atoms with Crippen molar-refractivity contribution < 1.29 is 19.0 Å². The molecule has 0 bridgehead atoms. The highest BCUT2D eigenvalue weighted by Gasteiger charge is 2.07. The summed E-state index contributed by atoms with van der Waals surface area (Å²) in [7, 11) is 0. The Hall–Kier alpha value is -3.78. The van der Waals surface area contributed by atoms with E-state index in [1.54, 1.807) is 48.5 Å². The second-order valence-corrected chi connectivity index (χ2v) is 5.29. The maximum Gasteiger partial charge on any atom is 0.349 e. The molecule has 5 nitrogen and oxygen atoms in total. The van der Waals surface area contributed by atoms with Gasteiger partial charge in [-0.1, -0.05) is 18.2 Å². The van der Waals surface area contributed by atoms with Gasteiger partial charge in [0, 0.05) is 0 Å². The normalized spacial score (nSPS) is 9.81. The first kappa shape index (κ1) is 17.1. The lowest BCUT2D eigenvalue weighted by atomic mass is 10.2. The van der Waals surface area contributed by atoms with Crippen LogP contribution in [0, 0.1) is 11.3 Å². The number of para-hydroxylation sites is 1. The van der Waals surface area contributed by atoms with Crippen LogP contribution in [-0.2, 0) is 4.79 Å². The van der Waals surface area contributed by atoms with Gasteiger partial charge in [-0.3, -0.25) is 0 Å². The number of rotatable bonds is 6. The first-order valence-electron chi connectivity index (χ1n) is 7.89. The molecule has 128 valence electrons. The zero-order valence-corrected chi connectivity index (χ0v) is 13.8. The molecule has 3 aromatic carbocycles. The summed E-state index contributed by atoms with van der Waals surface area (Å²) in [6, 6.07) is 24.6. The zero-order valence-electron chi connectivity index (χ0n) is 13.8. The lowest BCUT2D eigenvalue weighted by Crippen LogP contribution is -2.17. The third kappa shape index (κ3) is 4.86. The Morgan fingerprint density at radius 1 is 0.769 bits per heavy atom. The van der Waals surface area contributed by atoms with Crippen molar-refractivity contribution in [2.24, 2.45) is 0 Å².